The Labute approximate surface area is 137 Å². The van der Waals surface area contributed by atoms with Crippen molar-refractivity contribution in [3.05, 3.63) is 17.7 Å². The number of carboxylic acid groups (broad SMARTS) is 1. The summed E-state index contributed by atoms with van der Waals surface area (Å²) in [5, 5.41) is 9.26. The Balaban J connectivity index is 1.99. The quantitative estimate of drug-likeness (QED) is 0.836. The van der Waals surface area contributed by atoms with Crippen LogP contribution in [0, 0.1) is 5.92 Å². The third-order valence-electron chi connectivity index (χ3n) is 4.96. The maximum Gasteiger partial charge on any atom is 0.303 e. The Morgan fingerprint density at radius 3 is 2.39 bits per heavy atom. The van der Waals surface area contributed by atoms with E-state index < -0.39 is 5.97 Å². The highest BCUT2D eigenvalue weighted by Gasteiger charge is 2.36. The van der Waals surface area contributed by atoms with Crippen molar-refractivity contribution in [3.63, 3.8) is 0 Å². The van der Waals surface area contributed by atoms with Crippen molar-refractivity contribution in [2.45, 2.75) is 38.0 Å². The minimum Gasteiger partial charge on any atom is -0.496 e. The molecular formula is C18H25NO4. The molecule has 0 radical (unpaired) electrons. The zero-order valence-corrected chi connectivity index (χ0v) is 13.9. The van der Waals surface area contributed by atoms with E-state index in [1.807, 2.05) is 12.1 Å². The van der Waals surface area contributed by atoms with Crippen LogP contribution in [-0.2, 0) is 4.79 Å². The normalized spacial score (nSPS) is 18.8. The molecule has 2 aliphatic rings. The van der Waals surface area contributed by atoms with Gasteiger partial charge in [-0.25, -0.2) is 0 Å². The van der Waals surface area contributed by atoms with Crippen LogP contribution in [0.3, 0.4) is 0 Å². The number of hydrogen-bond donors (Lipinski definition) is 1. The van der Waals surface area contributed by atoms with Gasteiger partial charge in [0.25, 0.3) is 0 Å². The molecule has 1 aliphatic heterocycles. The van der Waals surface area contributed by atoms with E-state index >= 15 is 0 Å². The number of rotatable bonds is 7. The highest BCUT2D eigenvalue weighted by molar-refractivity contribution is 5.70. The van der Waals surface area contributed by atoms with Gasteiger partial charge in [-0.1, -0.05) is 0 Å². The molecule has 1 N–H and O–H groups in total. The van der Waals surface area contributed by atoms with Crippen molar-refractivity contribution >= 4 is 11.7 Å². The van der Waals surface area contributed by atoms with Crippen LogP contribution < -0.4 is 14.4 Å². The summed E-state index contributed by atoms with van der Waals surface area (Å²) in [4.78, 5) is 13.6. The molecule has 1 aromatic carbocycles. The van der Waals surface area contributed by atoms with Gasteiger partial charge in [0.15, 0.2) is 0 Å². The first-order valence-electron chi connectivity index (χ1n) is 8.36. The highest BCUT2D eigenvalue weighted by atomic mass is 16.5. The van der Waals surface area contributed by atoms with Crippen molar-refractivity contribution < 1.29 is 19.4 Å². The SMILES string of the molecule is COc1cc(N2CCCC2)c(OC)cc1C(CC(=O)O)C1CC1. The fourth-order valence-corrected chi connectivity index (χ4v) is 3.62. The zero-order chi connectivity index (χ0) is 16.4. The van der Waals surface area contributed by atoms with E-state index in [0.29, 0.717) is 5.92 Å². The molecule has 5 heteroatoms. The lowest BCUT2D eigenvalue weighted by molar-refractivity contribution is -0.137. The predicted molar refractivity (Wildman–Crippen MR) is 88.7 cm³/mol. The summed E-state index contributed by atoms with van der Waals surface area (Å²) >= 11 is 0. The van der Waals surface area contributed by atoms with Crippen LogP contribution in [0.5, 0.6) is 11.5 Å². The van der Waals surface area contributed by atoms with Crippen molar-refractivity contribution in [2.75, 3.05) is 32.2 Å². The molecule has 1 heterocycles. The Kier molecular flexibility index (Phi) is 4.64. The van der Waals surface area contributed by atoms with Gasteiger partial charge in [-0.15, -0.1) is 0 Å². The van der Waals surface area contributed by atoms with Gasteiger partial charge in [-0.3, -0.25) is 4.79 Å². The molecule has 0 bridgehead atoms. The fraction of sp³-hybridized carbons (Fsp3) is 0.611. The first-order valence-corrected chi connectivity index (χ1v) is 8.36. The van der Waals surface area contributed by atoms with Gasteiger partial charge in [-0.2, -0.15) is 0 Å². The Hall–Kier alpha value is -1.91. The Bertz CT molecular complexity index is 577. The number of benzene rings is 1. The zero-order valence-electron chi connectivity index (χ0n) is 13.9. The van der Waals surface area contributed by atoms with Gasteiger partial charge in [0, 0.05) is 30.6 Å². The summed E-state index contributed by atoms with van der Waals surface area (Å²) in [7, 11) is 3.33. The highest BCUT2D eigenvalue weighted by Crippen LogP contribution is 2.49. The van der Waals surface area contributed by atoms with E-state index in [1.54, 1.807) is 14.2 Å². The van der Waals surface area contributed by atoms with Crippen LogP contribution in [0.1, 0.15) is 43.6 Å². The lowest BCUT2D eigenvalue weighted by atomic mass is 9.89. The van der Waals surface area contributed by atoms with Gasteiger partial charge in [0.2, 0.25) is 0 Å². The number of hydrogen-bond acceptors (Lipinski definition) is 4. The van der Waals surface area contributed by atoms with Crippen molar-refractivity contribution in [2.24, 2.45) is 5.92 Å². The second-order valence-electron chi connectivity index (χ2n) is 6.50. The summed E-state index contributed by atoms with van der Waals surface area (Å²) in [6.45, 7) is 2.06. The summed E-state index contributed by atoms with van der Waals surface area (Å²) in [6.07, 6.45) is 4.72. The molecule has 126 valence electrons. The second-order valence-corrected chi connectivity index (χ2v) is 6.50. The minimum atomic E-state index is -0.758. The van der Waals surface area contributed by atoms with Crippen LogP contribution in [0.4, 0.5) is 5.69 Å². The number of carboxylic acids is 1. The van der Waals surface area contributed by atoms with E-state index in [0.717, 1.165) is 48.7 Å². The molecule has 0 aromatic heterocycles. The molecular weight excluding hydrogens is 294 g/mol. The summed E-state index contributed by atoms with van der Waals surface area (Å²) in [6, 6.07) is 4.02. The average molecular weight is 319 g/mol. The maximum atomic E-state index is 11.3. The molecule has 23 heavy (non-hydrogen) atoms. The van der Waals surface area contributed by atoms with Gasteiger partial charge in [-0.05, 0) is 37.7 Å². The molecule has 1 saturated carbocycles. The van der Waals surface area contributed by atoms with Crippen molar-refractivity contribution in [1.82, 2.24) is 0 Å². The van der Waals surface area contributed by atoms with E-state index in [1.165, 1.54) is 12.8 Å². The monoisotopic (exact) mass is 319 g/mol. The molecule has 1 aromatic rings. The van der Waals surface area contributed by atoms with E-state index in [2.05, 4.69) is 4.90 Å². The van der Waals surface area contributed by atoms with Crippen LogP contribution in [0.15, 0.2) is 12.1 Å². The molecule has 1 saturated heterocycles. The number of aliphatic carboxylic acids is 1. The summed E-state index contributed by atoms with van der Waals surface area (Å²) in [5.74, 6) is 1.29. The molecule has 3 rings (SSSR count). The standard InChI is InChI=1S/C18H25NO4/c1-22-16-11-15(19-7-3-4-8-19)17(23-2)9-14(16)13(10-18(20)21)12-5-6-12/h9,11-13H,3-8,10H2,1-2H3,(H,20,21). The lowest BCUT2D eigenvalue weighted by Crippen LogP contribution is -2.19. The molecule has 5 nitrogen and oxygen atoms in total. The lowest BCUT2D eigenvalue weighted by Gasteiger charge is -2.25. The third-order valence-corrected chi connectivity index (χ3v) is 4.96. The first kappa shape index (κ1) is 16.0. The van der Waals surface area contributed by atoms with Crippen LogP contribution in [0.25, 0.3) is 0 Å². The smallest absolute Gasteiger partial charge is 0.303 e. The van der Waals surface area contributed by atoms with Crippen LogP contribution in [-0.4, -0.2) is 38.4 Å². The fourth-order valence-electron chi connectivity index (χ4n) is 3.62. The van der Waals surface area contributed by atoms with Crippen molar-refractivity contribution in [1.29, 1.82) is 0 Å². The summed E-state index contributed by atoms with van der Waals surface area (Å²) in [5.41, 5.74) is 2.02. The minimum absolute atomic E-state index is 0.00368. The van der Waals surface area contributed by atoms with Gasteiger partial charge in [0.1, 0.15) is 11.5 Å². The first-order chi connectivity index (χ1) is 11.1. The van der Waals surface area contributed by atoms with Crippen molar-refractivity contribution in [3.8, 4) is 11.5 Å². The van der Waals surface area contributed by atoms with Crippen LogP contribution >= 0.6 is 0 Å². The number of methoxy groups -OCH3 is 2. The van der Waals surface area contributed by atoms with Gasteiger partial charge < -0.3 is 19.5 Å². The molecule has 2 fully saturated rings. The van der Waals surface area contributed by atoms with Crippen LogP contribution in [0.2, 0.25) is 0 Å². The van der Waals surface area contributed by atoms with E-state index in [4.69, 9.17) is 9.47 Å². The topological polar surface area (TPSA) is 59.0 Å². The van der Waals surface area contributed by atoms with Gasteiger partial charge >= 0.3 is 5.97 Å². The molecule has 0 spiro atoms. The molecule has 1 unspecified atom stereocenters. The maximum absolute atomic E-state index is 11.3. The largest absolute Gasteiger partial charge is 0.496 e. The Morgan fingerprint density at radius 2 is 1.87 bits per heavy atom. The molecule has 1 atom stereocenters. The van der Waals surface area contributed by atoms with E-state index in [-0.39, 0.29) is 12.3 Å². The number of carbonyl (C=O) groups is 1. The number of nitrogens with zero attached hydrogens (tertiary/aromatic N) is 1. The molecule has 1 aliphatic carbocycles. The predicted octanol–water partition coefficient (Wildman–Crippen LogP) is 3.27. The number of ether oxygens (including phenoxy) is 2. The van der Waals surface area contributed by atoms with Gasteiger partial charge in [0.05, 0.1) is 26.3 Å². The van der Waals surface area contributed by atoms with E-state index in [9.17, 15) is 9.90 Å². The Morgan fingerprint density at radius 1 is 1.22 bits per heavy atom. The second kappa shape index (κ2) is 6.69. The number of anilines is 1. The average Bonchev–Trinajstić information content (AvgIpc) is 3.25. The third kappa shape index (κ3) is 3.38. The molecule has 0 amide bonds. The summed E-state index contributed by atoms with van der Waals surface area (Å²) < 4.78 is 11.2.